The lowest BCUT2D eigenvalue weighted by atomic mass is 10.6. The summed E-state index contributed by atoms with van der Waals surface area (Å²) in [4.78, 5) is 1.56. The van der Waals surface area contributed by atoms with Crippen LogP contribution in [0.15, 0.2) is 0 Å². The van der Waals surface area contributed by atoms with Crippen LogP contribution in [0.3, 0.4) is 0 Å². The predicted molar refractivity (Wildman–Crippen MR) is 44.0 cm³/mol. The van der Waals surface area contributed by atoms with E-state index in [1.165, 1.54) is 17.1 Å². The lowest BCUT2D eigenvalue weighted by Gasteiger charge is -1.91. The first-order chi connectivity index (χ1) is 3.31. The minimum atomic E-state index is 1.22. The van der Waals surface area contributed by atoms with Crippen molar-refractivity contribution in [3.05, 3.63) is 0 Å². The lowest BCUT2D eigenvalue weighted by Crippen LogP contribution is -1.88. The molecule has 0 saturated carbocycles. The SMILES string of the molecule is CSC/C(C)=[SH]\C. The molecule has 0 rings (SSSR count). The Labute approximate surface area is 53.6 Å². The average Bonchev–Trinajstić information content (AvgIpc) is 1.68. The zero-order valence-corrected chi connectivity index (χ0v) is 6.77. The minimum absolute atomic E-state index is 1.22. The van der Waals surface area contributed by atoms with Crippen LogP contribution >= 0.6 is 23.1 Å². The Bertz CT molecular complexity index is 66.5. The summed E-state index contributed by atoms with van der Waals surface area (Å²) in [6, 6.07) is 0. The molecule has 0 atom stereocenters. The van der Waals surface area contributed by atoms with Gasteiger partial charge in [-0.25, -0.2) is 11.4 Å². The van der Waals surface area contributed by atoms with Crippen LogP contribution < -0.4 is 0 Å². The average molecular weight is 136 g/mol. The number of thiol groups is 1. The van der Waals surface area contributed by atoms with Gasteiger partial charge in [-0.05, 0) is 24.3 Å². The maximum absolute atomic E-state index is 2.19. The molecule has 0 radical (unpaired) electrons. The number of hydrogen-bond donors (Lipinski definition) is 1. The van der Waals surface area contributed by atoms with E-state index in [4.69, 9.17) is 0 Å². The zero-order valence-electron chi connectivity index (χ0n) is 5.06. The summed E-state index contributed by atoms with van der Waals surface area (Å²) < 4.78 is 0. The Morgan fingerprint density at radius 3 is 2.43 bits per heavy atom. The number of thioether (sulfide) groups is 1. The maximum atomic E-state index is 2.19. The van der Waals surface area contributed by atoms with Crippen molar-refractivity contribution in [2.45, 2.75) is 6.92 Å². The van der Waals surface area contributed by atoms with Gasteiger partial charge in [0, 0.05) is 5.75 Å². The molecule has 0 fully saturated rings. The Morgan fingerprint density at radius 1 is 1.71 bits per heavy atom. The minimum Gasteiger partial charge on any atom is -0.204 e. The molecule has 0 amide bonds. The molecule has 0 bridgehead atoms. The number of hydrogen-bond acceptors (Lipinski definition) is 1. The summed E-state index contributed by atoms with van der Waals surface area (Å²) in [5.74, 6) is 1.22. The summed E-state index contributed by atoms with van der Waals surface area (Å²) in [7, 11) is 0. The molecule has 0 N–H and O–H groups in total. The topological polar surface area (TPSA) is 0 Å². The molecule has 0 aliphatic carbocycles. The van der Waals surface area contributed by atoms with Crippen LogP contribution in [-0.2, 0) is 0 Å². The first-order valence-corrected chi connectivity index (χ1v) is 4.96. The van der Waals surface area contributed by atoms with Crippen LogP contribution in [-0.4, -0.2) is 23.1 Å². The van der Waals surface area contributed by atoms with Gasteiger partial charge in [-0.15, -0.1) is 0 Å². The quantitative estimate of drug-likeness (QED) is 0.445. The highest BCUT2D eigenvalue weighted by Gasteiger charge is 1.80. The molecular formula is C5H12S2. The largest absolute Gasteiger partial charge is 0.204 e. The van der Waals surface area contributed by atoms with Crippen molar-refractivity contribution in [2.24, 2.45) is 0 Å². The van der Waals surface area contributed by atoms with Crippen LogP contribution in [0.4, 0.5) is 0 Å². The first-order valence-electron chi connectivity index (χ1n) is 2.22. The molecule has 0 heterocycles. The van der Waals surface area contributed by atoms with Gasteiger partial charge < -0.3 is 0 Å². The summed E-state index contributed by atoms with van der Waals surface area (Å²) in [5.41, 5.74) is 0. The molecular weight excluding hydrogens is 124 g/mol. The molecule has 0 spiro atoms. The Balaban J connectivity index is 3.17. The molecule has 0 saturated heterocycles. The summed E-state index contributed by atoms with van der Waals surface area (Å²) in [5, 5.41) is 0. The van der Waals surface area contributed by atoms with Crippen molar-refractivity contribution in [1.82, 2.24) is 0 Å². The van der Waals surface area contributed by atoms with Crippen LogP contribution in [0.1, 0.15) is 6.92 Å². The van der Waals surface area contributed by atoms with E-state index in [1.54, 1.807) is 4.86 Å². The molecule has 2 heteroatoms. The number of rotatable bonds is 2. The van der Waals surface area contributed by atoms with Crippen molar-refractivity contribution in [3.63, 3.8) is 0 Å². The van der Waals surface area contributed by atoms with Crippen molar-refractivity contribution in [2.75, 3.05) is 18.3 Å². The second kappa shape index (κ2) is 4.72. The summed E-state index contributed by atoms with van der Waals surface area (Å²) in [6.45, 7) is 2.19. The lowest BCUT2D eigenvalue weighted by molar-refractivity contribution is 1.86. The van der Waals surface area contributed by atoms with Crippen LogP contribution in [0.5, 0.6) is 0 Å². The normalized spacial score (nSPS) is 13.3. The molecule has 0 aliphatic rings. The van der Waals surface area contributed by atoms with Gasteiger partial charge >= 0.3 is 0 Å². The summed E-state index contributed by atoms with van der Waals surface area (Å²) >= 11 is 3.33. The molecule has 0 aromatic rings. The van der Waals surface area contributed by atoms with E-state index in [0.717, 1.165) is 0 Å². The molecule has 7 heavy (non-hydrogen) atoms. The third-order valence-corrected chi connectivity index (χ3v) is 2.59. The van der Waals surface area contributed by atoms with Gasteiger partial charge in [-0.2, -0.15) is 11.8 Å². The van der Waals surface area contributed by atoms with Crippen molar-refractivity contribution >= 4 is 28.0 Å². The third-order valence-electron chi connectivity index (χ3n) is 0.735. The highest BCUT2D eigenvalue weighted by atomic mass is 32.2. The smallest absolute Gasteiger partial charge is 0.0190 e. The maximum Gasteiger partial charge on any atom is 0.0190 e. The molecule has 0 aliphatic heterocycles. The van der Waals surface area contributed by atoms with Gasteiger partial charge in [0.2, 0.25) is 0 Å². The van der Waals surface area contributed by atoms with Crippen LogP contribution in [0, 0.1) is 0 Å². The van der Waals surface area contributed by atoms with E-state index >= 15 is 0 Å². The van der Waals surface area contributed by atoms with Crippen molar-refractivity contribution in [1.29, 1.82) is 0 Å². The van der Waals surface area contributed by atoms with Crippen LogP contribution in [0.2, 0.25) is 0 Å². The van der Waals surface area contributed by atoms with Gasteiger partial charge in [-0.3, -0.25) is 0 Å². The molecule has 0 nitrogen and oxygen atoms in total. The predicted octanol–water partition coefficient (Wildman–Crippen LogP) is 1.64. The van der Waals surface area contributed by atoms with E-state index in [1.807, 2.05) is 11.8 Å². The van der Waals surface area contributed by atoms with E-state index in [-0.39, 0.29) is 0 Å². The third kappa shape index (κ3) is 4.42. The second-order valence-corrected chi connectivity index (χ2v) is 3.47. The van der Waals surface area contributed by atoms with E-state index in [9.17, 15) is 0 Å². The van der Waals surface area contributed by atoms with E-state index in [2.05, 4.69) is 19.4 Å². The second-order valence-electron chi connectivity index (χ2n) is 1.39. The molecule has 0 unspecified atom stereocenters. The van der Waals surface area contributed by atoms with E-state index in [0.29, 0.717) is 0 Å². The van der Waals surface area contributed by atoms with Crippen LogP contribution in [0.25, 0.3) is 0 Å². The highest BCUT2D eigenvalue weighted by molar-refractivity contribution is 8.03. The van der Waals surface area contributed by atoms with Gasteiger partial charge in [0.05, 0.1) is 0 Å². The standard InChI is InChI=1S/C5H12S2/c1-5(7-3)4-6-2/h7H,4H2,1-3H3. The fraction of sp³-hybridized carbons (Fsp3) is 0.800. The van der Waals surface area contributed by atoms with Gasteiger partial charge in [0.15, 0.2) is 0 Å². The van der Waals surface area contributed by atoms with Crippen molar-refractivity contribution in [3.8, 4) is 0 Å². The molecule has 0 aromatic carbocycles. The first kappa shape index (κ1) is 7.57. The Kier molecular flexibility index (Phi) is 5.11. The monoisotopic (exact) mass is 136 g/mol. The van der Waals surface area contributed by atoms with Gasteiger partial charge in [0.25, 0.3) is 0 Å². The van der Waals surface area contributed by atoms with Gasteiger partial charge in [-0.1, -0.05) is 0 Å². The summed E-state index contributed by atoms with van der Waals surface area (Å²) in [6.07, 6.45) is 4.31. The molecule has 44 valence electrons. The highest BCUT2D eigenvalue weighted by Crippen LogP contribution is 1.95. The molecule has 0 aromatic heterocycles. The van der Waals surface area contributed by atoms with Crippen molar-refractivity contribution < 1.29 is 0 Å². The van der Waals surface area contributed by atoms with E-state index < -0.39 is 0 Å². The Hall–Kier alpha value is 0.570. The zero-order chi connectivity index (χ0) is 5.70. The fourth-order valence-electron chi connectivity index (χ4n) is 0.273. The van der Waals surface area contributed by atoms with Gasteiger partial charge in [0.1, 0.15) is 0 Å². The Morgan fingerprint density at radius 2 is 2.29 bits per heavy atom. The fourth-order valence-corrected chi connectivity index (χ4v) is 1.59.